The van der Waals surface area contributed by atoms with Gasteiger partial charge in [0.25, 0.3) is 0 Å². The first-order chi connectivity index (χ1) is 6.77. The Hall–Kier alpha value is 0.140. The summed E-state index contributed by atoms with van der Waals surface area (Å²) in [6, 6.07) is 2.77. The Morgan fingerprint density at radius 1 is 1.50 bits per heavy atom. The second kappa shape index (κ2) is 6.59. The van der Waals surface area contributed by atoms with Crippen LogP contribution in [-0.2, 0) is 0 Å². The summed E-state index contributed by atoms with van der Waals surface area (Å²) < 4.78 is 1.23. The van der Waals surface area contributed by atoms with Gasteiger partial charge < -0.3 is 5.32 Å². The largest absolute Gasteiger partial charge is 0.310 e. The highest BCUT2D eigenvalue weighted by Crippen LogP contribution is 2.27. The van der Waals surface area contributed by atoms with E-state index in [9.17, 15) is 0 Å². The van der Waals surface area contributed by atoms with E-state index in [-0.39, 0.29) is 0 Å². The minimum Gasteiger partial charge on any atom is -0.310 e. The van der Waals surface area contributed by atoms with Gasteiger partial charge in [-0.25, -0.2) is 0 Å². The van der Waals surface area contributed by atoms with Crippen molar-refractivity contribution in [3.05, 3.63) is 20.8 Å². The van der Waals surface area contributed by atoms with Gasteiger partial charge >= 0.3 is 0 Å². The minimum atomic E-state index is 0.544. The van der Waals surface area contributed by atoms with Gasteiger partial charge in [-0.1, -0.05) is 26.7 Å². The highest BCUT2D eigenvalue weighted by atomic mass is 79.9. The van der Waals surface area contributed by atoms with Crippen LogP contribution in [0.2, 0.25) is 0 Å². The van der Waals surface area contributed by atoms with E-state index < -0.39 is 0 Å². The molecule has 80 valence electrons. The number of hydrogen-bond donors (Lipinski definition) is 1. The van der Waals surface area contributed by atoms with E-state index in [2.05, 4.69) is 46.5 Å². The molecule has 3 heteroatoms. The fourth-order valence-electron chi connectivity index (χ4n) is 1.55. The molecule has 0 bridgehead atoms. The van der Waals surface area contributed by atoms with E-state index in [0.717, 1.165) is 6.54 Å². The van der Waals surface area contributed by atoms with Crippen LogP contribution >= 0.6 is 27.3 Å². The Morgan fingerprint density at radius 3 is 2.79 bits per heavy atom. The molecule has 1 aromatic rings. The molecule has 0 radical (unpaired) electrons. The number of rotatable bonds is 6. The molecule has 0 aromatic carbocycles. The van der Waals surface area contributed by atoms with Crippen LogP contribution in [0.3, 0.4) is 0 Å². The van der Waals surface area contributed by atoms with Gasteiger partial charge in [-0.2, -0.15) is 0 Å². The van der Waals surface area contributed by atoms with Crippen molar-refractivity contribution in [2.24, 2.45) is 0 Å². The van der Waals surface area contributed by atoms with E-state index in [1.165, 1.54) is 28.6 Å². The van der Waals surface area contributed by atoms with Crippen molar-refractivity contribution < 1.29 is 0 Å². The monoisotopic (exact) mass is 275 g/mol. The van der Waals surface area contributed by atoms with Crippen molar-refractivity contribution in [3.8, 4) is 0 Å². The summed E-state index contributed by atoms with van der Waals surface area (Å²) in [7, 11) is 0. The number of nitrogens with one attached hydrogen (secondary N) is 1. The van der Waals surface area contributed by atoms with Crippen molar-refractivity contribution in [1.29, 1.82) is 0 Å². The molecule has 0 aliphatic rings. The third-order valence-electron chi connectivity index (χ3n) is 2.29. The molecule has 0 amide bonds. The lowest BCUT2D eigenvalue weighted by atomic mass is 10.0. The normalized spacial score (nSPS) is 13.1. The molecule has 14 heavy (non-hydrogen) atoms. The highest BCUT2D eigenvalue weighted by Gasteiger charge is 2.10. The molecule has 0 aliphatic carbocycles. The molecule has 1 atom stereocenters. The van der Waals surface area contributed by atoms with Gasteiger partial charge in [0, 0.05) is 6.04 Å². The maximum absolute atomic E-state index is 3.53. The van der Waals surface area contributed by atoms with Crippen LogP contribution in [0.1, 0.15) is 44.7 Å². The van der Waals surface area contributed by atoms with Crippen LogP contribution < -0.4 is 5.32 Å². The fraction of sp³-hybridized carbons (Fsp3) is 0.636. The van der Waals surface area contributed by atoms with E-state index in [4.69, 9.17) is 0 Å². The van der Waals surface area contributed by atoms with E-state index >= 15 is 0 Å². The zero-order chi connectivity index (χ0) is 10.4. The topological polar surface area (TPSA) is 12.0 Å². The third-order valence-corrected chi connectivity index (χ3v) is 3.81. The van der Waals surface area contributed by atoms with Crippen molar-refractivity contribution in [2.75, 3.05) is 6.54 Å². The zero-order valence-electron chi connectivity index (χ0n) is 8.85. The Labute approximate surface area is 99.0 Å². The van der Waals surface area contributed by atoms with Gasteiger partial charge in [-0.05, 0) is 45.9 Å². The first kappa shape index (κ1) is 12.2. The van der Waals surface area contributed by atoms with Gasteiger partial charge in [-0.15, -0.1) is 11.3 Å². The predicted molar refractivity (Wildman–Crippen MR) is 68.0 cm³/mol. The second-order valence-electron chi connectivity index (χ2n) is 3.44. The molecule has 1 aromatic heterocycles. The molecule has 1 nitrogen and oxygen atoms in total. The summed E-state index contributed by atoms with van der Waals surface area (Å²) in [6.45, 7) is 5.45. The Balaban J connectivity index is 2.57. The van der Waals surface area contributed by atoms with E-state index in [1.54, 1.807) is 11.3 Å². The van der Waals surface area contributed by atoms with Gasteiger partial charge in [-0.3, -0.25) is 0 Å². The summed E-state index contributed by atoms with van der Waals surface area (Å²) in [5.74, 6) is 0. The first-order valence-electron chi connectivity index (χ1n) is 5.25. The maximum atomic E-state index is 3.53. The van der Waals surface area contributed by atoms with Crippen molar-refractivity contribution in [1.82, 2.24) is 5.32 Å². The maximum Gasteiger partial charge on any atom is 0.0701 e. The van der Waals surface area contributed by atoms with Crippen molar-refractivity contribution in [3.63, 3.8) is 0 Å². The van der Waals surface area contributed by atoms with Crippen LogP contribution in [-0.4, -0.2) is 6.54 Å². The molecule has 1 N–H and O–H groups in total. The molecule has 1 rings (SSSR count). The molecule has 1 heterocycles. The molecule has 0 spiro atoms. The number of thiophene rings is 1. The summed E-state index contributed by atoms with van der Waals surface area (Å²) >= 11 is 5.28. The molecular weight excluding hydrogens is 258 g/mol. The molecule has 0 saturated heterocycles. The Morgan fingerprint density at radius 2 is 2.29 bits per heavy atom. The molecule has 1 unspecified atom stereocenters. The molecule has 0 aliphatic heterocycles. The summed E-state index contributed by atoms with van der Waals surface area (Å²) in [5, 5.41) is 5.78. The van der Waals surface area contributed by atoms with Crippen LogP contribution in [0.25, 0.3) is 0 Å². The van der Waals surface area contributed by atoms with Crippen molar-refractivity contribution >= 4 is 27.3 Å². The fourth-order valence-corrected chi connectivity index (χ4v) is 2.78. The van der Waals surface area contributed by atoms with Crippen LogP contribution in [0, 0.1) is 0 Å². The quantitative estimate of drug-likeness (QED) is 0.814. The lowest BCUT2D eigenvalue weighted by Crippen LogP contribution is -2.20. The van der Waals surface area contributed by atoms with Gasteiger partial charge in [0.05, 0.1) is 3.79 Å². The summed E-state index contributed by atoms with van der Waals surface area (Å²) in [4.78, 5) is 0. The number of hydrogen-bond acceptors (Lipinski definition) is 2. The minimum absolute atomic E-state index is 0.544. The van der Waals surface area contributed by atoms with Gasteiger partial charge in [0.15, 0.2) is 0 Å². The smallest absolute Gasteiger partial charge is 0.0701 e. The van der Waals surface area contributed by atoms with Gasteiger partial charge in [0.1, 0.15) is 0 Å². The van der Waals surface area contributed by atoms with E-state index in [0.29, 0.717) is 6.04 Å². The SMILES string of the molecule is CCCCC(NCC)c1csc(Br)c1. The average Bonchev–Trinajstić information content (AvgIpc) is 2.59. The highest BCUT2D eigenvalue weighted by molar-refractivity contribution is 9.11. The first-order valence-corrected chi connectivity index (χ1v) is 6.92. The zero-order valence-corrected chi connectivity index (χ0v) is 11.2. The van der Waals surface area contributed by atoms with Crippen LogP contribution in [0.5, 0.6) is 0 Å². The van der Waals surface area contributed by atoms with Crippen LogP contribution in [0.4, 0.5) is 0 Å². The Kier molecular flexibility index (Phi) is 5.75. The summed E-state index contributed by atoms with van der Waals surface area (Å²) in [6.07, 6.45) is 3.81. The second-order valence-corrected chi connectivity index (χ2v) is 5.73. The lowest BCUT2D eigenvalue weighted by molar-refractivity contribution is 0.496. The average molecular weight is 276 g/mol. The summed E-state index contributed by atoms with van der Waals surface area (Å²) in [5.41, 5.74) is 1.43. The molecular formula is C11H18BrNS. The molecule has 0 fully saturated rings. The lowest BCUT2D eigenvalue weighted by Gasteiger charge is -2.16. The van der Waals surface area contributed by atoms with Gasteiger partial charge in [0.2, 0.25) is 0 Å². The predicted octanol–water partition coefficient (Wildman–Crippen LogP) is 4.35. The van der Waals surface area contributed by atoms with Crippen molar-refractivity contribution in [2.45, 2.75) is 39.2 Å². The van der Waals surface area contributed by atoms with E-state index in [1.807, 2.05) is 0 Å². The number of unbranched alkanes of at least 4 members (excludes halogenated alkanes) is 1. The standard InChI is InChI=1S/C11H18BrNS/c1-3-5-6-10(13-4-2)9-7-11(12)14-8-9/h7-8,10,13H,3-6H2,1-2H3. The number of halogens is 1. The van der Waals surface area contributed by atoms with Crippen LogP contribution in [0.15, 0.2) is 15.2 Å². The third kappa shape index (κ3) is 3.71. The Bertz CT molecular complexity index is 260. The molecule has 0 saturated carbocycles.